The van der Waals surface area contributed by atoms with Crippen LogP contribution in [0.1, 0.15) is 24.0 Å². The zero-order chi connectivity index (χ0) is 10.5. The first-order valence-corrected chi connectivity index (χ1v) is 5.48. The fourth-order valence-corrected chi connectivity index (χ4v) is 2.29. The first-order chi connectivity index (χ1) is 7.21. The number of aryl methyl sites for hydroxylation is 1. The zero-order valence-electron chi connectivity index (χ0n) is 9.36. The normalized spacial score (nSPS) is 16.9. The van der Waals surface area contributed by atoms with Crippen LogP contribution in [-0.4, -0.2) is 0 Å². The van der Waals surface area contributed by atoms with E-state index >= 15 is 0 Å². The maximum absolute atomic E-state index is 6.28. The van der Waals surface area contributed by atoms with Crippen LogP contribution < -0.4 is 5.73 Å². The highest BCUT2D eigenvalue weighted by Gasteiger charge is 2.40. The van der Waals surface area contributed by atoms with Crippen LogP contribution in [0.2, 0.25) is 0 Å². The number of rotatable bonds is 1. The van der Waals surface area contributed by atoms with Crippen molar-refractivity contribution in [3.05, 3.63) is 47.5 Å². The molecule has 0 bridgehead atoms. The van der Waals surface area contributed by atoms with Gasteiger partial charge in [0.25, 0.3) is 0 Å². The van der Waals surface area contributed by atoms with Crippen molar-refractivity contribution in [1.29, 1.82) is 0 Å². The standard InChI is InChI=1S/C14H15N.ClH/c1-10-6-7-13(14(15)8-9-14)12-5-3-2-4-11(10)12;/h2-7H,8-9,15H2,1H3;1H. The van der Waals surface area contributed by atoms with Crippen molar-refractivity contribution in [1.82, 2.24) is 0 Å². The van der Waals surface area contributed by atoms with Gasteiger partial charge in [0, 0.05) is 5.54 Å². The molecule has 0 spiro atoms. The molecule has 1 aliphatic rings. The predicted octanol–water partition coefficient (Wildman–Crippen LogP) is 3.52. The molecule has 0 saturated heterocycles. The van der Waals surface area contributed by atoms with E-state index in [1.165, 1.54) is 21.9 Å². The van der Waals surface area contributed by atoms with Gasteiger partial charge in [-0.3, -0.25) is 0 Å². The minimum Gasteiger partial charge on any atom is -0.321 e. The molecule has 1 fully saturated rings. The summed E-state index contributed by atoms with van der Waals surface area (Å²) in [6, 6.07) is 12.9. The Kier molecular flexibility index (Phi) is 2.69. The van der Waals surface area contributed by atoms with Gasteiger partial charge >= 0.3 is 0 Å². The predicted molar refractivity (Wildman–Crippen MR) is 71.0 cm³/mol. The van der Waals surface area contributed by atoms with Crippen molar-refractivity contribution < 1.29 is 0 Å². The third-order valence-electron chi connectivity index (χ3n) is 3.47. The van der Waals surface area contributed by atoms with Crippen LogP contribution in [0.3, 0.4) is 0 Å². The fraction of sp³-hybridized carbons (Fsp3) is 0.286. The molecule has 0 amide bonds. The van der Waals surface area contributed by atoms with E-state index in [0.29, 0.717) is 0 Å². The van der Waals surface area contributed by atoms with Gasteiger partial charge in [-0.25, -0.2) is 0 Å². The molecule has 0 unspecified atom stereocenters. The van der Waals surface area contributed by atoms with Crippen molar-refractivity contribution in [3.8, 4) is 0 Å². The van der Waals surface area contributed by atoms with Crippen molar-refractivity contribution in [2.24, 2.45) is 5.73 Å². The van der Waals surface area contributed by atoms with E-state index in [1.807, 2.05) is 0 Å². The molecule has 1 nitrogen and oxygen atoms in total. The second-order valence-corrected chi connectivity index (χ2v) is 4.63. The van der Waals surface area contributed by atoms with E-state index in [1.54, 1.807) is 0 Å². The number of hydrogen-bond acceptors (Lipinski definition) is 1. The average Bonchev–Trinajstić information content (AvgIpc) is 2.98. The molecule has 0 atom stereocenters. The highest BCUT2D eigenvalue weighted by atomic mass is 35.5. The van der Waals surface area contributed by atoms with Crippen LogP contribution in [-0.2, 0) is 5.54 Å². The third kappa shape index (κ3) is 1.60. The SMILES string of the molecule is Cc1ccc(C2(N)CC2)c2ccccc12.Cl. The number of fused-ring (bicyclic) bond motifs is 1. The molecule has 2 aromatic carbocycles. The summed E-state index contributed by atoms with van der Waals surface area (Å²) in [6.45, 7) is 2.15. The Morgan fingerprint density at radius 3 is 2.25 bits per heavy atom. The summed E-state index contributed by atoms with van der Waals surface area (Å²) in [7, 11) is 0. The van der Waals surface area contributed by atoms with E-state index in [-0.39, 0.29) is 17.9 Å². The second-order valence-electron chi connectivity index (χ2n) is 4.63. The van der Waals surface area contributed by atoms with E-state index in [2.05, 4.69) is 43.3 Å². The Balaban J connectivity index is 0.000000963. The fourth-order valence-electron chi connectivity index (χ4n) is 2.29. The minimum absolute atomic E-state index is 0. The minimum atomic E-state index is -0.0344. The summed E-state index contributed by atoms with van der Waals surface area (Å²) in [5.41, 5.74) is 8.90. The first-order valence-electron chi connectivity index (χ1n) is 5.48. The molecule has 0 radical (unpaired) electrons. The summed E-state index contributed by atoms with van der Waals surface area (Å²) >= 11 is 0. The molecule has 0 aliphatic heterocycles. The maximum atomic E-state index is 6.28. The largest absolute Gasteiger partial charge is 0.321 e. The highest BCUT2D eigenvalue weighted by Crippen LogP contribution is 2.45. The molecule has 0 heterocycles. The lowest BCUT2D eigenvalue weighted by molar-refractivity contribution is 0.748. The van der Waals surface area contributed by atoms with Gasteiger partial charge in [0.05, 0.1) is 0 Å². The first kappa shape index (κ1) is 11.4. The summed E-state index contributed by atoms with van der Waals surface area (Å²) in [5.74, 6) is 0. The van der Waals surface area contributed by atoms with Crippen LogP contribution in [0, 0.1) is 6.92 Å². The van der Waals surface area contributed by atoms with Crippen molar-refractivity contribution >= 4 is 23.2 Å². The number of hydrogen-bond donors (Lipinski definition) is 1. The molecule has 16 heavy (non-hydrogen) atoms. The van der Waals surface area contributed by atoms with Gasteiger partial charge in [-0.05, 0) is 41.7 Å². The van der Waals surface area contributed by atoms with Gasteiger partial charge in [-0.2, -0.15) is 0 Å². The van der Waals surface area contributed by atoms with E-state index in [0.717, 1.165) is 12.8 Å². The third-order valence-corrected chi connectivity index (χ3v) is 3.47. The van der Waals surface area contributed by atoms with Crippen molar-refractivity contribution in [2.75, 3.05) is 0 Å². The summed E-state index contributed by atoms with van der Waals surface area (Å²) in [5, 5.41) is 2.67. The van der Waals surface area contributed by atoms with Crippen LogP contribution in [0.5, 0.6) is 0 Å². The second kappa shape index (κ2) is 3.76. The molecule has 0 aromatic heterocycles. The Morgan fingerprint density at radius 1 is 1.00 bits per heavy atom. The van der Waals surface area contributed by atoms with Crippen molar-refractivity contribution in [2.45, 2.75) is 25.3 Å². The van der Waals surface area contributed by atoms with E-state index in [4.69, 9.17) is 5.73 Å². The summed E-state index contributed by atoms with van der Waals surface area (Å²) in [6.07, 6.45) is 2.25. The van der Waals surface area contributed by atoms with Crippen LogP contribution in [0.4, 0.5) is 0 Å². The van der Waals surface area contributed by atoms with Crippen LogP contribution >= 0.6 is 12.4 Å². The summed E-state index contributed by atoms with van der Waals surface area (Å²) < 4.78 is 0. The van der Waals surface area contributed by atoms with Crippen LogP contribution in [0.15, 0.2) is 36.4 Å². The monoisotopic (exact) mass is 233 g/mol. The molecular formula is C14H16ClN. The van der Waals surface area contributed by atoms with Crippen molar-refractivity contribution in [3.63, 3.8) is 0 Å². The molecule has 1 saturated carbocycles. The quantitative estimate of drug-likeness (QED) is 0.802. The lowest BCUT2D eigenvalue weighted by Crippen LogP contribution is -2.19. The number of halogens is 1. The lowest BCUT2D eigenvalue weighted by Gasteiger charge is -2.14. The topological polar surface area (TPSA) is 26.0 Å². The zero-order valence-corrected chi connectivity index (χ0v) is 10.2. The molecular weight excluding hydrogens is 218 g/mol. The lowest BCUT2D eigenvalue weighted by atomic mass is 9.95. The molecule has 2 heteroatoms. The van der Waals surface area contributed by atoms with Crippen LogP contribution in [0.25, 0.3) is 10.8 Å². The van der Waals surface area contributed by atoms with Gasteiger partial charge in [0.2, 0.25) is 0 Å². The maximum Gasteiger partial charge on any atom is 0.0417 e. The molecule has 3 rings (SSSR count). The summed E-state index contributed by atoms with van der Waals surface area (Å²) in [4.78, 5) is 0. The van der Waals surface area contributed by atoms with Gasteiger partial charge in [0.15, 0.2) is 0 Å². The number of benzene rings is 2. The van der Waals surface area contributed by atoms with E-state index in [9.17, 15) is 0 Å². The Bertz CT molecular complexity index is 529. The van der Waals surface area contributed by atoms with E-state index < -0.39 is 0 Å². The van der Waals surface area contributed by atoms with Gasteiger partial charge < -0.3 is 5.73 Å². The van der Waals surface area contributed by atoms with Gasteiger partial charge in [-0.15, -0.1) is 12.4 Å². The highest BCUT2D eigenvalue weighted by molar-refractivity contribution is 5.89. The Labute approximate surface area is 102 Å². The van der Waals surface area contributed by atoms with Gasteiger partial charge in [0.1, 0.15) is 0 Å². The molecule has 2 aromatic rings. The Hall–Kier alpha value is -1.05. The smallest absolute Gasteiger partial charge is 0.0417 e. The van der Waals surface area contributed by atoms with Gasteiger partial charge in [-0.1, -0.05) is 36.4 Å². The number of nitrogens with two attached hydrogens (primary N) is 1. The Morgan fingerprint density at radius 2 is 1.62 bits per heavy atom. The average molecular weight is 234 g/mol. The molecule has 84 valence electrons. The molecule has 2 N–H and O–H groups in total. The molecule has 1 aliphatic carbocycles.